The summed E-state index contributed by atoms with van der Waals surface area (Å²) in [6.45, 7) is 2.16. The molecule has 6 heteroatoms. The first-order valence-corrected chi connectivity index (χ1v) is 8.88. The molecule has 1 aliphatic heterocycles. The van der Waals surface area contributed by atoms with Crippen molar-refractivity contribution >= 4 is 0 Å². The third-order valence-electron chi connectivity index (χ3n) is 4.40. The molecule has 3 rings (SSSR count). The lowest BCUT2D eigenvalue weighted by molar-refractivity contribution is -0.0417. The Morgan fingerprint density at radius 3 is 2.22 bits per heavy atom. The number of ether oxygens (including phenoxy) is 6. The van der Waals surface area contributed by atoms with Crippen molar-refractivity contribution in [1.29, 1.82) is 0 Å². The Hall–Kier alpha value is -2.28. The van der Waals surface area contributed by atoms with E-state index in [1.54, 1.807) is 21.3 Å². The molecule has 2 aromatic rings. The van der Waals surface area contributed by atoms with Crippen molar-refractivity contribution in [3.8, 4) is 17.2 Å². The molecule has 0 N–H and O–H groups in total. The number of hydrogen-bond acceptors (Lipinski definition) is 6. The zero-order valence-corrected chi connectivity index (χ0v) is 16.0. The molecule has 1 heterocycles. The van der Waals surface area contributed by atoms with Gasteiger partial charge in [0.05, 0.1) is 47.8 Å². The van der Waals surface area contributed by atoms with Crippen LogP contribution in [-0.4, -0.2) is 46.8 Å². The van der Waals surface area contributed by atoms with Crippen LogP contribution < -0.4 is 14.2 Å². The second-order valence-corrected chi connectivity index (χ2v) is 6.27. The second kappa shape index (κ2) is 9.60. The number of epoxide rings is 1. The maximum atomic E-state index is 6.01. The van der Waals surface area contributed by atoms with Crippen LogP contribution in [0.15, 0.2) is 42.5 Å². The largest absolute Gasteiger partial charge is 0.497 e. The van der Waals surface area contributed by atoms with E-state index in [2.05, 4.69) is 0 Å². The Labute approximate surface area is 159 Å². The standard InChI is InChI=1S/C21H26O6/c1-22-17-7-4-15(5-8-17)12-26-20(21-14-27-21)13-25-11-16-6-9-18(23-2)19(10-16)24-3/h4-10,20-21H,11-14H2,1-3H3/t20-,21-/m1/s1. The number of methoxy groups -OCH3 is 3. The van der Waals surface area contributed by atoms with Gasteiger partial charge in [-0.2, -0.15) is 0 Å². The minimum absolute atomic E-state index is 0.0905. The monoisotopic (exact) mass is 374 g/mol. The van der Waals surface area contributed by atoms with Gasteiger partial charge in [0.25, 0.3) is 0 Å². The third-order valence-corrected chi connectivity index (χ3v) is 4.40. The molecule has 1 aliphatic rings. The fourth-order valence-electron chi connectivity index (χ4n) is 2.72. The molecular formula is C21H26O6. The lowest BCUT2D eigenvalue weighted by atomic mass is 10.2. The van der Waals surface area contributed by atoms with Crippen LogP contribution in [0.5, 0.6) is 17.2 Å². The van der Waals surface area contributed by atoms with E-state index >= 15 is 0 Å². The first-order valence-electron chi connectivity index (χ1n) is 8.88. The van der Waals surface area contributed by atoms with Crippen LogP contribution >= 0.6 is 0 Å². The molecule has 0 aromatic heterocycles. The molecule has 0 saturated carbocycles. The molecule has 0 radical (unpaired) electrons. The first-order chi connectivity index (χ1) is 13.2. The van der Waals surface area contributed by atoms with Crippen molar-refractivity contribution in [3.63, 3.8) is 0 Å². The SMILES string of the molecule is COc1ccc(CO[C@H](COCc2ccc(OC)c(OC)c2)[C@H]2CO2)cc1. The molecule has 2 aromatic carbocycles. The van der Waals surface area contributed by atoms with Crippen molar-refractivity contribution in [2.24, 2.45) is 0 Å². The Balaban J connectivity index is 1.48. The Morgan fingerprint density at radius 1 is 0.889 bits per heavy atom. The molecule has 0 unspecified atom stereocenters. The summed E-state index contributed by atoms with van der Waals surface area (Å²) in [7, 11) is 4.89. The normalized spacial score (nSPS) is 16.6. The van der Waals surface area contributed by atoms with Gasteiger partial charge in [-0.3, -0.25) is 0 Å². The fourth-order valence-corrected chi connectivity index (χ4v) is 2.72. The summed E-state index contributed by atoms with van der Waals surface area (Å²) in [4.78, 5) is 0. The quantitative estimate of drug-likeness (QED) is 0.563. The van der Waals surface area contributed by atoms with Crippen LogP contribution in [0.4, 0.5) is 0 Å². The van der Waals surface area contributed by atoms with Gasteiger partial charge in [-0.15, -0.1) is 0 Å². The average Bonchev–Trinajstić information content (AvgIpc) is 3.56. The van der Waals surface area contributed by atoms with Crippen molar-refractivity contribution in [3.05, 3.63) is 53.6 Å². The van der Waals surface area contributed by atoms with Gasteiger partial charge in [0.15, 0.2) is 11.5 Å². The highest BCUT2D eigenvalue weighted by Crippen LogP contribution is 2.28. The Bertz CT molecular complexity index is 711. The Morgan fingerprint density at radius 2 is 1.59 bits per heavy atom. The van der Waals surface area contributed by atoms with Gasteiger partial charge in [0.1, 0.15) is 18.0 Å². The zero-order valence-electron chi connectivity index (χ0n) is 16.0. The minimum atomic E-state index is -0.0905. The lowest BCUT2D eigenvalue weighted by Gasteiger charge is -2.17. The summed E-state index contributed by atoms with van der Waals surface area (Å²) in [5.41, 5.74) is 2.10. The van der Waals surface area contributed by atoms with E-state index in [-0.39, 0.29) is 12.2 Å². The predicted molar refractivity (Wildman–Crippen MR) is 101 cm³/mol. The smallest absolute Gasteiger partial charge is 0.161 e. The van der Waals surface area contributed by atoms with Crippen molar-refractivity contribution in [1.82, 2.24) is 0 Å². The summed E-state index contributed by atoms with van der Waals surface area (Å²) >= 11 is 0. The molecule has 0 bridgehead atoms. The average molecular weight is 374 g/mol. The molecule has 2 atom stereocenters. The van der Waals surface area contributed by atoms with Gasteiger partial charge in [-0.05, 0) is 35.4 Å². The topological polar surface area (TPSA) is 58.7 Å². The van der Waals surface area contributed by atoms with Crippen molar-refractivity contribution in [2.75, 3.05) is 34.5 Å². The summed E-state index contributed by atoms with van der Waals surface area (Å²) in [5.74, 6) is 2.23. The molecule has 0 spiro atoms. The van der Waals surface area contributed by atoms with Crippen LogP contribution in [0.2, 0.25) is 0 Å². The molecule has 1 saturated heterocycles. The highest BCUT2D eigenvalue weighted by molar-refractivity contribution is 5.42. The van der Waals surface area contributed by atoms with Crippen LogP contribution in [0, 0.1) is 0 Å². The fraction of sp³-hybridized carbons (Fsp3) is 0.429. The maximum Gasteiger partial charge on any atom is 0.161 e. The predicted octanol–water partition coefficient (Wildman–Crippen LogP) is 3.21. The first kappa shape index (κ1) is 19.5. The van der Waals surface area contributed by atoms with Gasteiger partial charge in [0.2, 0.25) is 0 Å². The van der Waals surface area contributed by atoms with Crippen molar-refractivity contribution in [2.45, 2.75) is 25.4 Å². The van der Waals surface area contributed by atoms with Gasteiger partial charge in [0, 0.05) is 0 Å². The summed E-state index contributed by atoms with van der Waals surface area (Å²) in [5, 5.41) is 0. The minimum Gasteiger partial charge on any atom is -0.497 e. The second-order valence-electron chi connectivity index (χ2n) is 6.27. The highest BCUT2D eigenvalue weighted by Gasteiger charge is 2.33. The van der Waals surface area contributed by atoms with E-state index in [4.69, 9.17) is 28.4 Å². The zero-order chi connectivity index (χ0) is 19.1. The molecule has 0 aliphatic carbocycles. The summed E-state index contributed by atoms with van der Waals surface area (Å²) < 4.78 is 33.0. The number of rotatable bonds is 11. The molecule has 0 amide bonds. The lowest BCUT2D eigenvalue weighted by Crippen LogP contribution is -2.25. The van der Waals surface area contributed by atoms with E-state index < -0.39 is 0 Å². The number of benzene rings is 2. The van der Waals surface area contributed by atoms with E-state index in [0.717, 1.165) is 16.9 Å². The Kier molecular flexibility index (Phi) is 6.92. The van der Waals surface area contributed by atoms with Gasteiger partial charge >= 0.3 is 0 Å². The van der Waals surface area contributed by atoms with Crippen molar-refractivity contribution < 1.29 is 28.4 Å². The van der Waals surface area contributed by atoms with Gasteiger partial charge < -0.3 is 28.4 Å². The summed E-state index contributed by atoms with van der Waals surface area (Å²) in [6, 6.07) is 13.6. The van der Waals surface area contributed by atoms with Crippen LogP contribution in [0.25, 0.3) is 0 Å². The molecule has 27 heavy (non-hydrogen) atoms. The molecule has 1 fully saturated rings. The molecular weight excluding hydrogens is 348 g/mol. The van der Waals surface area contributed by atoms with E-state index in [9.17, 15) is 0 Å². The molecule has 6 nitrogen and oxygen atoms in total. The highest BCUT2D eigenvalue weighted by atomic mass is 16.6. The van der Waals surface area contributed by atoms with Crippen LogP contribution in [0.3, 0.4) is 0 Å². The van der Waals surface area contributed by atoms with E-state index in [1.807, 2.05) is 42.5 Å². The van der Waals surface area contributed by atoms with E-state index in [0.29, 0.717) is 37.9 Å². The summed E-state index contributed by atoms with van der Waals surface area (Å²) in [6.07, 6.45) is 0.0147. The van der Waals surface area contributed by atoms with Crippen LogP contribution in [0.1, 0.15) is 11.1 Å². The van der Waals surface area contributed by atoms with E-state index in [1.165, 1.54) is 0 Å². The maximum absolute atomic E-state index is 6.01. The van der Waals surface area contributed by atoms with Gasteiger partial charge in [-0.1, -0.05) is 18.2 Å². The third kappa shape index (κ3) is 5.60. The number of hydrogen-bond donors (Lipinski definition) is 0. The van der Waals surface area contributed by atoms with Gasteiger partial charge in [-0.25, -0.2) is 0 Å². The molecule has 146 valence electrons. The van der Waals surface area contributed by atoms with Crippen LogP contribution in [-0.2, 0) is 27.4 Å².